The Morgan fingerprint density at radius 2 is 1.37 bits per heavy atom. The zero-order valence-electron chi connectivity index (χ0n) is 44.4. The van der Waals surface area contributed by atoms with Crippen LogP contribution < -0.4 is 5.32 Å². The monoisotopic (exact) mass is 924 g/mol. The number of nitrogens with one attached hydrogen (secondary N) is 1. The van der Waals surface area contributed by atoms with Gasteiger partial charge in [-0.05, 0) is 176 Å². The van der Waals surface area contributed by atoms with E-state index < -0.39 is 0 Å². The molecule has 1 nitrogen and oxygen atoms in total. The van der Waals surface area contributed by atoms with Crippen LogP contribution >= 0.6 is 0 Å². The van der Waals surface area contributed by atoms with Crippen molar-refractivity contribution in [3.8, 4) is 22.3 Å². The molecule has 70 heavy (non-hydrogen) atoms. The molecule has 0 aromatic heterocycles. The molecule has 3 aliphatic carbocycles. The fourth-order valence-corrected chi connectivity index (χ4v) is 9.67. The number of allylic oxidation sites excluding steroid dienone is 13. The van der Waals surface area contributed by atoms with Crippen LogP contribution in [-0.2, 0) is 5.41 Å². The molecule has 1 saturated carbocycles. The van der Waals surface area contributed by atoms with Crippen molar-refractivity contribution < 1.29 is 0 Å². The van der Waals surface area contributed by atoms with E-state index >= 15 is 0 Å². The average molecular weight is 924 g/mol. The lowest BCUT2D eigenvalue weighted by Crippen LogP contribution is -2.15. The summed E-state index contributed by atoms with van der Waals surface area (Å²) in [7, 11) is 0. The molecule has 4 aliphatic rings. The van der Waals surface area contributed by atoms with E-state index in [0.29, 0.717) is 6.04 Å². The molecule has 0 spiro atoms. The van der Waals surface area contributed by atoms with Crippen LogP contribution in [0.5, 0.6) is 0 Å². The Balaban J connectivity index is 0.000000172. The van der Waals surface area contributed by atoms with Gasteiger partial charge in [0.25, 0.3) is 0 Å². The molecule has 1 saturated heterocycles. The lowest BCUT2D eigenvalue weighted by atomic mass is 9.80. The van der Waals surface area contributed by atoms with Gasteiger partial charge in [0.1, 0.15) is 0 Å². The Morgan fingerprint density at radius 3 is 1.89 bits per heavy atom. The summed E-state index contributed by atoms with van der Waals surface area (Å²) in [5.41, 5.74) is 25.9. The van der Waals surface area contributed by atoms with Crippen molar-refractivity contribution in [2.75, 3.05) is 6.54 Å². The first-order chi connectivity index (χ1) is 33.7. The Morgan fingerprint density at radius 1 is 0.714 bits per heavy atom. The Hall–Kier alpha value is -6.54. The van der Waals surface area contributed by atoms with Crippen molar-refractivity contribution in [3.63, 3.8) is 0 Å². The topological polar surface area (TPSA) is 21.9 Å². The van der Waals surface area contributed by atoms with Gasteiger partial charge >= 0.3 is 0 Å². The molecule has 1 aliphatic heterocycles. The molecule has 0 bridgehead atoms. The number of benzene rings is 5. The second-order valence-corrected chi connectivity index (χ2v) is 19.6. The zero-order chi connectivity index (χ0) is 51.0. The van der Waals surface area contributed by atoms with Gasteiger partial charge in [-0.3, -0.25) is 0 Å². The van der Waals surface area contributed by atoms with E-state index in [9.17, 15) is 0 Å². The molecule has 1 heterocycles. The van der Waals surface area contributed by atoms with Crippen LogP contribution in [0.25, 0.3) is 34.4 Å². The highest BCUT2D eigenvalue weighted by Crippen LogP contribution is 2.52. The van der Waals surface area contributed by atoms with E-state index in [1.807, 2.05) is 48.6 Å². The maximum Gasteiger partial charge on any atom is 0.0447 e. The highest BCUT2D eigenvalue weighted by atomic mass is 15.1. The van der Waals surface area contributed by atoms with Gasteiger partial charge < -0.3 is 5.32 Å². The summed E-state index contributed by atoms with van der Waals surface area (Å²) >= 11 is 0. The molecule has 362 valence electrons. The lowest BCUT2D eigenvalue weighted by molar-refractivity contribution is 0.659. The number of fused-ring (bicyclic) bond motifs is 3. The van der Waals surface area contributed by atoms with Crippen molar-refractivity contribution in [2.45, 2.75) is 113 Å². The van der Waals surface area contributed by atoms with Gasteiger partial charge in [-0.2, -0.15) is 0 Å². The minimum absolute atomic E-state index is 0.0406. The fourth-order valence-electron chi connectivity index (χ4n) is 9.67. The third kappa shape index (κ3) is 14.0. The van der Waals surface area contributed by atoms with Crippen molar-refractivity contribution in [1.29, 1.82) is 0 Å². The van der Waals surface area contributed by atoms with Gasteiger partial charge in [-0.15, -0.1) is 0 Å². The quantitative estimate of drug-likeness (QED) is 0.103. The maximum atomic E-state index is 4.05. The minimum atomic E-state index is 0.0406. The van der Waals surface area contributed by atoms with Gasteiger partial charge in [0, 0.05) is 18.0 Å². The first-order valence-electron chi connectivity index (χ1n) is 25.4. The molecule has 1 unspecified atom stereocenters. The van der Waals surface area contributed by atoms with Gasteiger partial charge in [0.2, 0.25) is 0 Å². The standard InChI is InChI=1S/C21H22.C18H24.C15H15N.C8H12.C7H8/c1-7-15-14(4)12-19-20(16(15)8-2)17-10-9-13(3)11-18(17)21(19,5)6;1-5-8-16(13(3)6-2)17-10-7-9-14(4)18(17)15-11-12-15;1-11-7-13(12-5-3-2-4-6-12)9-14(8-11)15-10-16-15;1-4-7-8(5-2)6-3;1-7-5-3-2-4-6-7/h7-12H,1-2H2,3-6H3;5-6,8-9,15H,2,7,10-12H2,1,3-4H3;2-9,15-16H,10H2,1H3;4-5,7H,1-2,6H2,3H3;2-6H,1H3/b;8-5-,16-13+;;8-7+;. The third-order valence-electron chi connectivity index (χ3n) is 13.7. The highest BCUT2D eigenvalue weighted by Gasteiger charge is 2.37. The summed E-state index contributed by atoms with van der Waals surface area (Å²) in [5.74, 6) is 0.828. The van der Waals surface area contributed by atoms with Crippen LogP contribution in [0, 0.1) is 33.6 Å². The molecular weight excluding hydrogens is 843 g/mol. The summed E-state index contributed by atoms with van der Waals surface area (Å²) in [6.07, 6.45) is 24.5. The SMILES string of the molecule is C=C/C(C)=C(\C=C/C)C1=C(C2CC2)C(C)=CCC1.C=C/C=C(\C=C)CC.C=Cc1c(C)cc2c(c1C=C)-c1ccc(C)cc1C2(C)C.Cc1cc(-c2ccccc2)cc(C2CN2)c1.Cc1ccccc1. The Kier molecular flexibility index (Phi) is 20.1. The zero-order valence-corrected chi connectivity index (χ0v) is 44.4. The van der Waals surface area contributed by atoms with Crippen LogP contribution in [0.2, 0.25) is 0 Å². The van der Waals surface area contributed by atoms with Crippen molar-refractivity contribution in [3.05, 3.63) is 262 Å². The summed E-state index contributed by atoms with van der Waals surface area (Å²) in [4.78, 5) is 0. The molecule has 5 aromatic rings. The second kappa shape index (κ2) is 25.9. The van der Waals surface area contributed by atoms with E-state index in [1.54, 1.807) is 17.2 Å². The van der Waals surface area contributed by atoms with Gasteiger partial charge in [-0.25, -0.2) is 0 Å². The predicted octanol–water partition coefficient (Wildman–Crippen LogP) is 19.4. The maximum absolute atomic E-state index is 4.05. The summed E-state index contributed by atoms with van der Waals surface area (Å²) < 4.78 is 0. The predicted molar refractivity (Wildman–Crippen MR) is 311 cm³/mol. The average Bonchev–Trinajstić information content (AvgIpc) is 4.32. The number of rotatable bonds is 11. The molecule has 1 atom stereocenters. The van der Waals surface area contributed by atoms with Crippen LogP contribution in [0.1, 0.15) is 130 Å². The Bertz CT molecular complexity index is 2800. The fraction of sp³-hybridized carbons (Fsp3) is 0.275. The van der Waals surface area contributed by atoms with Crippen molar-refractivity contribution >= 4 is 12.2 Å². The molecule has 9 rings (SSSR count). The van der Waals surface area contributed by atoms with Crippen LogP contribution in [0.15, 0.2) is 212 Å². The first-order valence-corrected chi connectivity index (χ1v) is 25.4. The molecule has 1 heteroatoms. The first kappa shape index (κ1) is 54.4. The van der Waals surface area contributed by atoms with Gasteiger partial charge in [-0.1, -0.05) is 228 Å². The van der Waals surface area contributed by atoms with E-state index in [4.69, 9.17) is 0 Å². The Labute approximate surface area is 425 Å². The number of hydrogen-bond donors (Lipinski definition) is 1. The summed E-state index contributed by atoms with van der Waals surface area (Å²) in [6, 6.07) is 37.3. The minimum Gasteiger partial charge on any atom is -0.307 e. The third-order valence-corrected chi connectivity index (χ3v) is 13.7. The van der Waals surface area contributed by atoms with E-state index in [2.05, 4.69) is 211 Å². The lowest BCUT2D eigenvalue weighted by Gasteiger charge is -2.23. The van der Waals surface area contributed by atoms with Gasteiger partial charge in [0.15, 0.2) is 0 Å². The van der Waals surface area contributed by atoms with Gasteiger partial charge in [0.05, 0.1) is 0 Å². The van der Waals surface area contributed by atoms with Crippen molar-refractivity contribution in [1.82, 2.24) is 5.32 Å². The van der Waals surface area contributed by atoms with E-state index in [-0.39, 0.29) is 5.41 Å². The smallest absolute Gasteiger partial charge is 0.0447 e. The van der Waals surface area contributed by atoms with Crippen LogP contribution in [0.3, 0.4) is 0 Å². The van der Waals surface area contributed by atoms with E-state index in [1.165, 1.54) is 120 Å². The molecule has 5 aromatic carbocycles. The normalized spacial score (nSPS) is 16.3. The molecule has 2 fully saturated rings. The highest BCUT2D eigenvalue weighted by molar-refractivity contribution is 5.91. The van der Waals surface area contributed by atoms with Crippen LogP contribution in [0.4, 0.5) is 0 Å². The number of hydrogen-bond acceptors (Lipinski definition) is 1. The molecule has 0 radical (unpaired) electrons. The summed E-state index contributed by atoms with van der Waals surface area (Å²) in [5, 5.41) is 3.36. The summed E-state index contributed by atoms with van der Waals surface area (Å²) in [6.45, 7) is 42.1. The van der Waals surface area contributed by atoms with Crippen LogP contribution in [-0.4, -0.2) is 6.54 Å². The molecule has 0 amide bonds. The van der Waals surface area contributed by atoms with Crippen molar-refractivity contribution in [2.24, 2.45) is 5.92 Å². The largest absolute Gasteiger partial charge is 0.307 e. The van der Waals surface area contributed by atoms with E-state index in [0.717, 1.165) is 18.9 Å². The second-order valence-electron chi connectivity index (χ2n) is 19.6. The number of aryl methyl sites for hydroxylation is 4. The molecular formula is C69H81N. The molecule has 1 N–H and O–H groups in total.